The maximum atomic E-state index is 13.3. The van der Waals surface area contributed by atoms with Crippen molar-refractivity contribution in [1.29, 1.82) is 0 Å². The largest absolute Gasteiger partial charge is 0.438 e. The van der Waals surface area contributed by atoms with Gasteiger partial charge < -0.3 is 4.74 Å². The number of hydrogen-bond acceptors (Lipinski definition) is 5. The number of amides is 4. The second-order valence-corrected chi connectivity index (χ2v) is 6.21. The van der Waals surface area contributed by atoms with Crippen molar-refractivity contribution >= 4 is 29.5 Å². The predicted octanol–water partition coefficient (Wildman–Crippen LogP) is 2.16. The van der Waals surface area contributed by atoms with Crippen LogP contribution >= 0.6 is 0 Å². The Labute approximate surface area is 156 Å². The van der Waals surface area contributed by atoms with Gasteiger partial charge in [-0.2, -0.15) is 0 Å². The zero-order chi connectivity index (χ0) is 19.6. The van der Waals surface area contributed by atoms with E-state index in [0.717, 1.165) is 16.7 Å². The number of rotatable bonds is 4. The molecule has 0 bridgehead atoms. The summed E-state index contributed by atoms with van der Waals surface area (Å²) in [5.41, 5.74) is -1.24. The number of urea groups is 1. The molecule has 0 spiro atoms. The van der Waals surface area contributed by atoms with Crippen LogP contribution in [0.2, 0.25) is 0 Å². The SMILES string of the molecule is CC(=O)OC1(Cc2ccccc2)C(=O)N(C)C(=O)N(c2ccccc2)C1=O. The fourth-order valence-electron chi connectivity index (χ4n) is 3.07. The van der Waals surface area contributed by atoms with Gasteiger partial charge in [-0.05, 0) is 17.7 Å². The van der Waals surface area contributed by atoms with E-state index in [1.54, 1.807) is 60.7 Å². The summed E-state index contributed by atoms with van der Waals surface area (Å²) in [6, 6.07) is 16.1. The van der Waals surface area contributed by atoms with Crippen LogP contribution in [0, 0.1) is 0 Å². The Morgan fingerprint density at radius 2 is 1.48 bits per heavy atom. The Hall–Kier alpha value is -3.48. The van der Waals surface area contributed by atoms with E-state index in [-0.39, 0.29) is 12.1 Å². The van der Waals surface area contributed by atoms with E-state index in [9.17, 15) is 19.2 Å². The highest BCUT2D eigenvalue weighted by Crippen LogP contribution is 2.32. The van der Waals surface area contributed by atoms with Gasteiger partial charge in [-0.15, -0.1) is 0 Å². The minimum atomic E-state index is -2.15. The van der Waals surface area contributed by atoms with Gasteiger partial charge in [-0.1, -0.05) is 48.5 Å². The minimum Gasteiger partial charge on any atom is -0.438 e. The molecule has 1 aliphatic rings. The van der Waals surface area contributed by atoms with E-state index in [0.29, 0.717) is 5.56 Å². The molecule has 0 radical (unpaired) electrons. The van der Waals surface area contributed by atoms with Crippen molar-refractivity contribution in [1.82, 2.24) is 4.90 Å². The van der Waals surface area contributed by atoms with E-state index in [1.807, 2.05) is 0 Å². The van der Waals surface area contributed by atoms with E-state index < -0.39 is 29.4 Å². The van der Waals surface area contributed by atoms with Crippen molar-refractivity contribution < 1.29 is 23.9 Å². The lowest BCUT2D eigenvalue weighted by Crippen LogP contribution is -2.70. The van der Waals surface area contributed by atoms with Gasteiger partial charge in [0, 0.05) is 20.4 Å². The lowest BCUT2D eigenvalue weighted by molar-refractivity contribution is -0.177. The van der Waals surface area contributed by atoms with Crippen LogP contribution in [0.4, 0.5) is 10.5 Å². The highest BCUT2D eigenvalue weighted by atomic mass is 16.6. The first-order chi connectivity index (χ1) is 12.9. The van der Waals surface area contributed by atoms with Gasteiger partial charge in [0.15, 0.2) is 0 Å². The average Bonchev–Trinajstić information content (AvgIpc) is 2.66. The predicted molar refractivity (Wildman–Crippen MR) is 96.7 cm³/mol. The molecule has 2 aromatic rings. The molecule has 1 unspecified atom stereocenters. The van der Waals surface area contributed by atoms with E-state index >= 15 is 0 Å². The summed E-state index contributed by atoms with van der Waals surface area (Å²) >= 11 is 0. The molecule has 7 nitrogen and oxygen atoms in total. The zero-order valence-corrected chi connectivity index (χ0v) is 14.9. The topological polar surface area (TPSA) is 84.0 Å². The third-order valence-electron chi connectivity index (χ3n) is 4.31. The molecule has 4 amide bonds. The van der Waals surface area contributed by atoms with Gasteiger partial charge in [0.05, 0.1) is 5.69 Å². The molecule has 1 atom stereocenters. The molecule has 0 aliphatic carbocycles. The molecular formula is C20H18N2O5. The first kappa shape index (κ1) is 18.3. The van der Waals surface area contributed by atoms with Gasteiger partial charge in [0.25, 0.3) is 17.4 Å². The smallest absolute Gasteiger partial charge is 0.338 e. The van der Waals surface area contributed by atoms with Crippen LogP contribution in [0.25, 0.3) is 0 Å². The van der Waals surface area contributed by atoms with Crippen LogP contribution in [-0.2, 0) is 25.5 Å². The van der Waals surface area contributed by atoms with Gasteiger partial charge in [-0.25, -0.2) is 9.69 Å². The molecule has 0 N–H and O–H groups in total. The molecule has 1 aliphatic heterocycles. The van der Waals surface area contributed by atoms with Crippen molar-refractivity contribution in [3.63, 3.8) is 0 Å². The number of barbiturate groups is 1. The Balaban J connectivity index is 2.14. The van der Waals surface area contributed by atoms with Crippen LogP contribution in [-0.4, -0.2) is 41.4 Å². The van der Waals surface area contributed by atoms with Crippen molar-refractivity contribution in [3.8, 4) is 0 Å². The first-order valence-electron chi connectivity index (χ1n) is 8.32. The molecule has 138 valence electrons. The highest BCUT2D eigenvalue weighted by molar-refractivity contribution is 6.32. The lowest BCUT2D eigenvalue weighted by atomic mass is 9.89. The van der Waals surface area contributed by atoms with Crippen LogP contribution in [0.1, 0.15) is 12.5 Å². The Bertz CT molecular complexity index is 897. The monoisotopic (exact) mass is 366 g/mol. The van der Waals surface area contributed by atoms with Crippen molar-refractivity contribution in [2.24, 2.45) is 0 Å². The van der Waals surface area contributed by atoms with Crippen LogP contribution in [0.15, 0.2) is 60.7 Å². The molecule has 7 heteroatoms. The molecule has 27 heavy (non-hydrogen) atoms. The van der Waals surface area contributed by atoms with Gasteiger partial charge in [-0.3, -0.25) is 19.3 Å². The second kappa shape index (κ2) is 7.03. The summed E-state index contributed by atoms with van der Waals surface area (Å²) in [6.45, 7) is 1.12. The second-order valence-electron chi connectivity index (χ2n) is 6.21. The summed E-state index contributed by atoms with van der Waals surface area (Å²) < 4.78 is 5.30. The molecule has 1 saturated heterocycles. The van der Waals surface area contributed by atoms with Crippen LogP contribution < -0.4 is 4.90 Å². The minimum absolute atomic E-state index is 0.175. The summed E-state index contributed by atoms with van der Waals surface area (Å²) in [5, 5.41) is 0. The fourth-order valence-corrected chi connectivity index (χ4v) is 3.07. The lowest BCUT2D eigenvalue weighted by Gasteiger charge is -2.41. The first-order valence-corrected chi connectivity index (χ1v) is 8.32. The van der Waals surface area contributed by atoms with E-state index in [4.69, 9.17) is 4.74 Å². The number of carbonyl (C=O) groups excluding carboxylic acids is 4. The molecule has 0 saturated carbocycles. The molecule has 1 fully saturated rings. The average molecular weight is 366 g/mol. The number of hydrogen-bond donors (Lipinski definition) is 0. The third-order valence-corrected chi connectivity index (χ3v) is 4.31. The standard InChI is InChI=1S/C20H18N2O5/c1-14(23)27-20(13-15-9-5-3-6-10-15)17(24)21(2)19(26)22(18(20)25)16-11-7-4-8-12-16/h3-12H,13H2,1-2H3. The van der Waals surface area contributed by atoms with E-state index in [2.05, 4.69) is 0 Å². The van der Waals surface area contributed by atoms with Gasteiger partial charge in [0.2, 0.25) is 0 Å². The van der Waals surface area contributed by atoms with Crippen LogP contribution in [0.3, 0.4) is 0 Å². The number of imide groups is 2. The summed E-state index contributed by atoms with van der Waals surface area (Å²) in [7, 11) is 1.26. The zero-order valence-electron chi connectivity index (χ0n) is 14.9. The summed E-state index contributed by atoms with van der Waals surface area (Å²) in [6.07, 6.45) is -0.175. The number of para-hydroxylation sites is 1. The molecule has 0 aromatic heterocycles. The number of anilines is 1. The molecular weight excluding hydrogens is 348 g/mol. The van der Waals surface area contributed by atoms with Crippen LogP contribution in [0.5, 0.6) is 0 Å². The number of benzene rings is 2. The van der Waals surface area contributed by atoms with Gasteiger partial charge >= 0.3 is 12.0 Å². The van der Waals surface area contributed by atoms with Crippen molar-refractivity contribution in [3.05, 3.63) is 66.2 Å². The summed E-state index contributed by atoms with van der Waals surface area (Å²) in [5.74, 6) is -2.55. The molecule has 2 aromatic carbocycles. The Morgan fingerprint density at radius 1 is 0.926 bits per heavy atom. The number of ether oxygens (including phenoxy) is 1. The third kappa shape index (κ3) is 3.19. The van der Waals surface area contributed by atoms with Gasteiger partial charge in [0.1, 0.15) is 0 Å². The fraction of sp³-hybridized carbons (Fsp3) is 0.200. The van der Waals surface area contributed by atoms with Crippen molar-refractivity contribution in [2.45, 2.75) is 18.9 Å². The quantitative estimate of drug-likeness (QED) is 0.612. The molecule has 3 rings (SSSR count). The Kier molecular flexibility index (Phi) is 4.77. The Morgan fingerprint density at radius 3 is 2.04 bits per heavy atom. The normalized spacial score (nSPS) is 20.0. The molecule has 1 heterocycles. The maximum Gasteiger partial charge on any atom is 0.338 e. The summed E-state index contributed by atoms with van der Waals surface area (Å²) in [4.78, 5) is 52.4. The maximum absolute atomic E-state index is 13.3. The number of esters is 1. The van der Waals surface area contributed by atoms with E-state index in [1.165, 1.54) is 7.05 Å². The van der Waals surface area contributed by atoms with Crippen molar-refractivity contribution in [2.75, 3.05) is 11.9 Å². The highest BCUT2D eigenvalue weighted by Gasteiger charge is 2.59. The number of carbonyl (C=O) groups is 4. The number of likely N-dealkylation sites (N-methyl/N-ethyl adjacent to an activating group) is 1. The number of nitrogens with zero attached hydrogens (tertiary/aromatic N) is 2.